The molecule has 0 saturated heterocycles. The van der Waals surface area contributed by atoms with E-state index in [0.717, 1.165) is 23.3 Å². The van der Waals surface area contributed by atoms with Crippen LogP contribution >= 0.6 is 0 Å². The Kier molecular flexibility index (Phi) is 5.65. The van der Waals surface area contributed by atoms with Crippen molar-refractivity contribution >= 4 is 11.0 Å². The number of halogens is 2. The first-order valence-corrected chi connectivity index (χ1v) is 4.45. The third kappa shape index (κ3) is 3.09. The number of hydrogen-bond acceptors (Lipinski definition) is 2. The first kappa shape index (κ1) is 14.2. The van der Waals surface area contributed by atoms with Gasteiger partial charge >= 0.3 is 0 Å². The fraction of sp³-hybridized carbons (Fsp3) is 0.300. The Morgan fingerprint density at radius 1 is 1.33 bits per heavy atom. The van der Waals surface area contributed by atoms with Gasteiger partial charge in [-0.3, -0.25) is 0 Å². The monoisotopic (exact) mass is 245 g/mol. The van der Waals surface area contributed by atoms with Crippen LogP contribution in [0.25, 0.3) is 11.0 Å². The highest BCUT2D eigenvalue weighted by atomic mass is 35.5. The molecule has 5 heteroatoms. The summed E-state index contributed by atoms with van der Waals surface area (Å²) in [6.45, 7) is 2.71. The molecule has 0 unspecified atom stereocenters. The Labute approximate surface area is 101 Å². The minimum absolute atomic E-state index is 0. The molecule has 0 fully saturated rings. The number of H-pyrrole nitrogens is 1. The Morgan fingerprint density at radius 3 is 2.73 bits per heavy atom. The molecule has 0 saturated carbocycles. The number of benzene rings is 1. The summed E-state index contributed by atoms with van der Waals surface area (Å²) >= 11 is 0. The Bertz CT molecular complexity index is 426. The van der Waals surface area contributed by atoms with E-state index in [1.165, 1.54) is 5.56 Å². The molecule has 0 atom stereocenters. The summed E-state index contributed by atoms with van der Waals surface area (Å²) in [4.78, 5) is 7.65. The van der Waals surface area contributed by atoms with E-state index >= 15 is 0 Å². The average molecular weight is 246 g/mol. The quantitative estimate of drug-likeness (QED) is 0.560. The van der Waals surface area contributed by atoms with Crippen molar-refractivity contribution in [3.8, 4) is 0 Å². The Morgan fingerprint density at radius 2 is 2.07 bits per heavy atom. The molecule has 15 heavy (non-hydrogen) atoms. The highest BCUT2D eigenvalue weighted by molar-refractivity contribution is 5.75. The third-order valence-corrected chi connectivity index (χ3v) is 2.07. The lowest BCUT2D eigenvalue weighted by Gasteiger charge is -1.89. The lowest BCUT2D eigenvalue weighted by atomic mass is 10.2. The number of hydrogen-bond donors (Lipinski definition) is 2. The summed E-state index contributed by atoms with van der Waals surface area (Å²) in [7, 11) is 0. The average Bonchev–Trinajstić information content (AvgIpc) is 2.46. The molecule has 0 aliphatic heterocycles. The minimum atomic E-state index is 0. The minimum Gasteiger partial charge on any atom is -1.00 e. The zero-order valence-electron chi connectivity index (χ0n) is 8.43. The van der Waals surface area contributed by atoms with Gasteiger partial charge in [0, 0.05) is 6.42 Å². The van der Waals surface area contributed by atoms with Gasteiger partial charge in [0.2, 0.25) is 0 Å². The molecule has 2 aromatic rings. The topological polar surface area (TPSA) is 54.7 Å². The smallest absolute Gasteiger partial charge is 0.108 e. The van der Waals surface area contributed by atoms with E-state index in [1.54, 1.807) is 0 Å². The first-order valence-electron chi connectivity index (χ1n) is 4.45. The second kappa shape index (κ2) is 5.95. The molecule has 84 valence electrons. The largest absolute Gasteiger partial charge is 1.00 e. The van der Waals surface area contributed by atoms with Crippen molar-refractivity contribution in [1.82, 2.24) is 9.97 Å². The van der Waals surface area contributed by atoms with E-state index in [-0.39, 0.29) is 24.8 Å². The van der Waals surface area contributed by atoms with Crippen LogP contribution in [0.5, 0.6) is 0 Å². The SMILES string of the molecule is Cc1ccc2nc(CCN)[nH]c2c1.[Cl-].[Cl-]. The van der Waals surface area contributed by atoms with Gasteiger partial charge in [0.25, 0.3) is 0 Å². The lowest BCUT2D eigenvalue weighted by molar-refractivity contribution is -0.001000. The molecule has 0 radical (unpaired) electrons. The van der Waals surface area contributed by atoms with E-state index < -0.39 is 0 Å². The number of aryl methyl sites for hydroxylation is 1. The molecular formula is C10H13Cl2N3-2. The van der Waals surface area contributed by atoms with Crippen LogP contribution < -0.4 is 30.5 Å². The molecule has 3 nitrogen and oxygen atoms in total. The number of nitrogens with two attached hydrogens (primary N) is 1. The molecule has 1 aromatic heterocycles. The number of aromatic amines is 1. The number of nitrogens with zero attached hydrogens (tertiary/aromatic N) is 1. The standard InChI is InChI=1S/C10H13N3.2ClH/c1-7-2-3-8-9(6-7)13-10(12-8)4-5-11;;/h2-3,6H,4-5,11H2,1H3,(H,12,13);2*1H/p-2. The molecule has 0 aliphatic carbocycles. The molecule has 0 amide bonds. The van der Waals surface area contributed by atoms with Crippen molar-refractivity contribution in [3.05, 3.63) is 29.6 Å². The summed E-state index contributed by atoms with van der Waals surface area (Å²) in [5.74, 6) is 0.975. The maximum absolute atomic E-state index is 5.45. The van der Waals surface area contributed by atoms with E-state index in [0.29, 0.717) is 6.54 Å². The van der Waals surface area contributed by atoms with Crippen LogP contribution in [0.2, 0.25) is 0 Å². The van der Waals surface area contributed by atoms with Crippen molar-refractivity contribution in [2.24, 2.45) is 5.73 Å². The van der Waals surface area contributed by atoms with Gasteiger partial charge in [-0.05, 0) is 31.2 Å². The summed E-state index contributed by atoms with van der Waals surface area (Å²) < 4.78 is 0. The summed E-state index contributed by atoms with van der Waals surface area (Å²) in [6, 6.07) is 6.19. The molecule has 1 heterocycles. The number of fused-ring (bicyclic) bond motifs is 1. The predicted octanol–water partition coefficient (Wildman–Crippen LogP) is -4.62. The summed E-state index contributed by atoms with van der Waals surface area (Å²) in [6.07, 6.45) is 0.813. The number of imidazole rings is 1. The first-order chi connectivity index (χ1) is 6.29. The zero-order chi connectivity index (χ0) is 9.26. The van der Waals surface area contributed by atoms with Gasteiger partial charge in [0.05, 0.1) is 11.0 Å². The molecule has 0 aliphatic rings. The van der Waals surface area contributed by atoms with Gasteiger partial charge in [0.1, 0.15) is 5.82 Å². The van der Waals surface area contributed by atoms with Crippen LogP contribution in [-0.4, -0.2) is 16.5 Å². The highest BCUT2D eigenvalue weighted by Crippen LogP contribution is 2.12. The highest BCUT2D eigenvalue weighted by Gasteiger charge is 2.00. The maximum atomic E-state index is 5.45. The number of nitrogens with one attached hydrogen (secondary N) is 1. The summed E-state index contributed by atoms with van der Waals surface area (Å²) in [5.41, 5.74) is 8.82. The maximum Gasteiger partial charge on any atom is 0.108 e. The molecule has 0 bridgehead atoms. The van der Waals surface area contributed by atoms with Gasteiger partial charge in [-0.1, -0.05) is 6.07 Å². The third-order valence-electron chi connectivity index (χ3n) is 2.07. The molecule has 1 aromatic carbocycles. The second-order valence-corrected chi connectivity index (χ2v) is 3.24. The van der Waals surface area contributed by atoms with Crippen LogP contribution in [0, 0.1) is 6.92 Å². The normalized spacial score (nSPS) is 9.47. The van der Waals surface area contributed by atoms with Crippen LogP contribution in [0.4, 0.5) is 0 Å². The van der Waals surface area contributed by atoms with Gasteiger partial charge < -0.3 is 35.5 Å². The molecular weight excluding hydrogens is 233 g/mol. The second-order valence-electron chi connectivity index (χ2n) is 3.24. The van der Waals surface area contributed by atoms with Crippen LogP contribution in [-0.2, 0) is 6.42 Å². The van der Waals surface area contributed by atoms with E-state index in [1.807, 2.05) is 6.07 Å². The number of aromatic nitrogens is 2. The van der Waals surface area contributed by atoms with Gasteiger partial charge in [-0.15, -0.1) is 0 Å². The van der Waals surface area contributed by atoms with Crippen molar-refractivity contribution in [3.63, 3.8) is 0 Å². The van der Waals surface area contributed by atoms with Crippen molar-refractivity contribution in [2.75, 3.05) is 6.54 Å². The van der Waals surface area contributed by atoms with E-state index in [9.17, 15) is 0 Å². The summed E-state index contributed by atoms with van der Waals surface area (Å²) in [5, 5.41) is 0. The Balaban J connectivity index is 0.000000980. The van der Waals surface area contributed by atoms with Gasteiger partial charge in [0.15, 0.2) is 0 Å². The predicted molar refractivity (Wildman–Crippen MR) is 53.6 cm³/mol. The van der Waals surface area contributed by atoms with Gasteiger partial charge in [-0.25, -0.2) is 4.98 Å². The van der Waals surface area contributed by atoms with Crippen LogP contribution in [0.1, 0.15) is 11.4 Å². The molecule has 3 N–H and O–H groups in total. The van der Waals surface area contributed by atoms with Crippen molar-refractivity contribution in [2.45, 2.75) is 13.3 Å². The zero-order valence-corrected chi connectivity index (χ0v) is 9.94. The number of rotatable bonds is 2. The van der Waals surface area contributed by atoms with Crippen LogP contribution in [0.15, 0.2) is 18.2 Å². The van der Waals surface area contributed by atoms with Crippen molar-refractivity contribution in [1.29, 1.82) is 0 Å². The van der Waals surface area contributed by atoms with E-state index in [2.05, 4.69) is 29.0 Å². The van der Waals surface area contributed by atoms with Crippen molar-refractivity contribution < 1.29 is 24.8 Å². The lowest BCUT2D eigenvalue weighted by Crippen LogP contribution is -3.00. The Hall–Kier alpha value is -0.770. The molecule has 0 spiro atoms. The van der Waals surface area contributed by atoms with E-state index in [4.69, 9.17) is 5.73 Å². The fourth-order valence-corrected chi connectivity index (χ4v) is 1.43. The fourth-order valence-electron chi connectivity index (χ4n) is 1.43. The molecule has 2 rings (SSSR count). The van der Waals surface area contributed by atoms with Crippen LogP contribution in [0.3, 0.4) is 0 Å². The van der Waals surface area contributed by atoms with Gasteiger partial charge in [-0.2, -0.15) is 0 Å².